The third kappa shape index (κ3) is 2.21. The third-order valence-corrected chi connectivity index (χ3v) is 6.06. The van der Waals surface area contributed by atoms with E-state index in [-0.39, 0.29) is 6.04 Å². The summed E-state index contributed by atoms with van der Waals surface area (Å²) in [5.74, 6) is 1.18. The van der Waals surface area contributed by atoms with Gasteiger partial charge in [0.25, 0.3) is 0 Å². The van der Waals surface area contributed by atoms with Crippen LogP contribution in [0.25, 0.3) is 16.6 Å². The fourth-order valence-electron chi connectivity index (χ4n) is 4.73. The van der Waals surface area contributed by atoms with E-state index in [4.69, 9.17) is 0 Å². The van der Waals surface area contributed by atoms with Gasteiger partial charge >= 0.3 is 0 Å². The Kier molecular flexibility index (Phi) is 3.36. The van der Waals surface area contributed by atoms with Crippen LogP contribution in [0.5, 0.6) is 0 Å². The van der Waals surface area contributed by atoms with E-state index in [0.29, 0.717) is 17.5 Å². The molecule has 25 heavy (non-hydrogen) atoms. The maximum absolute atomic E-state index is 11.3. The lowest BCUT2D eigenvalue weighted by atomic mass is 9.73. The van der Waals surface area contributed by atoms with Crippen LogP contribution in [0.1, 0.15) is 24.5 Å². The Morgan fingerprint density at radius 2 is 2.20 bits per heavy atom. The number of aliphatic hydroxyl groups is 1. The quantitative estimate of drug-likeness (QED) is 0.743. The second-order valence-corrected chi connectivity index (χ2v) is 7.26. The molecule has 6 heteroatoms. The van der Waals surface area contributed by atoms with Crippen LogP contribution in [0.4, 0.5) is 0 Å². The van der Waals surface area contributed by atoms with Crippen LogP contribution in [0, 0.1) is 11.8 Å². The highest BCUT2D eigenvalue weighted by molar-refractivity contribution is 5.85. The van der Waals surface area contributed by atoms with Crippen molar-refractivity contribution in [3.8, 4) is 0 Å². The molecule has 1 unspecified atom stereocenters. The molecule has 3 saturated heterocycles. The summed E-state index contributed by atoms with van der Waals surface area (Å²) in [7, 11) is 0. The summed E-state index contributed by atoms with van der Waals surface area (Å²) in [6.45, 7) is 6.05. The summed E-state index contributed by atoms with van der Waals surface area (Å²) < 4.78 is 1.73. The Hall–Kier alpha value is -2.31. The van der Waals surface area contributed by atoms with E-state index < -0.39 is 6.10 Å². The van der Waals surface area contributed by atoms with Crippen molar-refractivity contribution < 1.29 is 5.11 Å². The SMILES string of the molecule is C=C[C@H]1CN2CC[C@H]1C[C@@H]2[C@@H](O)c1cc2nnnn2c2ccccc12. The molecule has 1 aromatic carbocycles. The highest BCUT2D eigenvalue weighted by Gasteiger charge is 2.42. The second kappa shape index (κ2) is 5.61. The van der Waals surface area contributed by atoms with Gasteiger partial charge in [-0.05, 0) is 59.3 Å². The first-order chi connectivity index (χ1) is 12.3. The summed E-state index contributed by atoms with van der Waals surface area (Å²) in [5, 5.41) is 24.2. The average molecular weight is 335 g/mol. The molecule has 6 rings (SSSR count). The van der Waals surface area contributed by atoms with Gasteiger partial charge < -0.3 is 5.11 Å². The van der Waals surface area contributed by atoms with Crippen molar-refractivity contribution in [2.75, 3.05) is 13.1 Å². The molecule has 2 aromatic heterocycles. The number of benzene rings is 1. The molecule has 6 nitrogen and oxygen atoms in total. The fourth-order valence-corrected chi connectivity index (χ4v) is 4.73. The first-order valence-electron chi connectivity index (χ1n) is 8.90. The zero-order chi connectivity index (χ0) is 17.0. The van der Waals surface area contributed by atoms with Crippen molar-refractivity contribution in [1.29, 1.82) is 0 Å². The number of aromatic nitrogens is 4. The Labute approximate surface area is 145 Å². The normalized spacial score (nSPS) is 30.0. The van der Waals surface area contributed by atoms with Crippen molar-refractivity contribution in [3.63, 3.8) is 0 Å². The van der Waals surface area contributed by atoms with Crippen LogP contribution in [-0.2, 0) is 0 Å². The van der Waals surface area contributed by atoms with E-state index in [1.165, 1.54) is 6.42 Å². The first-order valence-corrected chi connectivity index (χ1v) is 8.90. The number of hydrogen-bond donors (Lipinski definition) is 1. The van der Waals surface area contributed by atoms with Crippen LogP contribution in [-0.4, -0.2) is 49.2 Å². The van der Waals surface area contributed by atoms with Crippen molar-refractivity contribution in [2.24, 2.45) is 11.8 Å². The Morgan fingerprint density at radius 1 is 1.32 bits per heavy atom. The topological polar surface area (TPSA) is 66.5 Å². The zero-order valence-electron chi connectivity index (χ0n) is 14.0. The van der Waals surface area contributed by atoms with Crippen LogP contribution in [0.15, 0.2) is 43.0 Å². The Morgan fingerprint density at radius 3 is 3.00 bits per heavy atom. The predicted molar refractivity (Wildman–Crippen MR) is 95.0 cm³/mol. The summed E-state index contributed by atoms with van der Waals surface area (Å²) in [4.78, 5) is 2.43. The number of aliphatic hydroxyl groups excluding tert-OH is 1. The van der Waals surface area contributed by atoms with Gasteiger partial charge in [-0.25, -0.2) is 0 Å². The van der Waals surface area contributed by atoms with E-state index in [1.807, 2.05) is 30.3 Å². The molecule has 2 bridgehead atoms. The molecule has 0 saturated carbocycles. The number of pyridine rings is 1. The van der Waals surface area contributed by atoms with Gasteiger partial charge in [0.15, 0.2) is 5.65 Å². The molecule has 0 radical (unpaired) electrons. The lowest BCUT2D eigenvalue weighted by Gasteiger charge is -2.50. The van der Waals surface area contributed by atoms with Gasteiger partial charge in [-0.3, -0.25) is 4.90 Å². The number of nitrogens with zero attached hydrogens (tertiary/aromatic N) is 5. The van der Waals surface area contributed by atoms with Gasteiger partial charge in [-0.2, -0.15) is 4.52 Å². The molecular weight excluding hydrogens is 314 g/mol. The zero-order valence-corrected chi connectivity index (χ0v) is 14.0. The molecule has 128 valence electrons. The number of rotatable bonds is 3. The van der Waals surface area contributed by atoms with Crippen LogP contribution < -0.4 is 0 Å². The van der Waals surface area contributed by atoms with Crippen molar-refractivity contribution in [3.05, 3.63) is 48.6 Å². The number of piperidine rings is 3. The highest BCUT2D eigenvalue weighted by Crippen LogP contribution is 2.42. The minimum absolute atomic E-state index is 0.150. The molecule has 3 aromatic rings. The highest BCUT2D eigenvalue weighted by atomic mass is 16.3. The predicted octanol–water partition coefficient (Wildman–Crippen LogP) is 2.21. The molecule has 0 aliphatic carbocycles. The van der Waals surface area contributed by atoms with Crippen LogP contribution >= 0.6 is 0 Å². The van der Waals surface area contributed by atoms with Gasteiger partial charge in [0.1, 0.15) is 0 Å². The maximum Gasteiger partial charge on any atom is 0.180 e. The Bertz CT molecular complexity index is 951. The minimum Gasteiger partial charge on any atom is -0.387 e. The minimum atomic E-state index is -0.542. The number of tetrazole rings is 1. The molecule has 1 N–H and O–H groups in total. The number of hydrogen-bond acceptors (Lipinski definition) is 5. The first kappa shape index (κ1) is 15.0. The van der Waals surface area contributed by atoms with E-state index in [0.717, 1.165) is 36.0 Å². The maximum atomic E-state index is 11.3. The molecule has 0 amide bonds. The van der Waals surface area contributed by atoms with Crippen molar-refractivity contribution in [2.45, 2.75) is 25.0 Å². The monoisotopic (exact) mass is 335 g/mol. The van der Waals surface area contributed by atoms with E-state index in [1.54, 1.807) is 4.52 Å². The van der Waals surface area contributed by atoms with Crippen LogP contribution in [0.3, 0.4) is 0 Å². The lowest BCUT2D eigenvalue weighted by molar-refractivity contribution is -0.0444. The van der Waals surface area contributed by atoms with Gasteiger partial charge in [0.05, 0.1) is 11.6 Å². The summed E-state index contributed by atoms with van der Waals surface area (Å²) in [6.07, 6.45) is 3.76. The van der Waals surface area contributed by atoms with E-state index in [9.17, 15) is 5.11 Å². The third-order valence-electron chi connectivity index (χ3n) is 6.06. The summed E-state index contributed by atoms with van der Waals surface area (Å²) >= 11 is 0. The number of fused-ring (bicyclic) bond motifs is 6. The fraction of sp³-hybridized carbons (Fsp3) is 0.421. The molecular formula is C19H21N5O. The molecule has 3 fully saturated rings. The molecule has 3 aliphatic rings. The van der Waals surface area contributed by atoms with Gasteiger partial charge in [0.2, 0.25) is 0 Å². The van der Waals surface area contributed by atoms with Gasteiger partial charge in [-0.15, -0.1) is 11.7 Å². The Balaban J connectivity index is 1.59. The van der Waals surface area contributed by atoms with Gasteiger partial charge in [0, 0.05) is 18.0 Å². The molecule has 5 heterocycles. The molecule has 0 spiro atoms. The van der Waals surface area contributed by atoms with E-state index in [2.05, 4.69) is 33.1 Å². The second-order valence-electron chi connectivity index (χ2n) is 7.26. The standard InChI is InChI=1S/C19H21N5O/c1-2-12-11-23-8-7-13(12)9-17(23)19(25)15-10-18-20-21-22-24(18)16-6-4-3-5-14(15)16/h2-6,10,12-13,17,19,25H,1,7-9,11H2/t12-,13-,17+,19-/m0/s1. The van der Waals surface area contributed by atoms with Crippen molar-refractivity contribution >= 4 is 16.6 Å². The van der Waals surface area contributed by atoms with Crippen molar-refractivity contribution in [1.82, 2.24) is 24.9 Å². The smallest absolute Gasteiger partial charge is 0.180 e. The largest absolute Gasteiger partial charge is 0.387 e. The summed E-state index contributed by atoms with van der Waals surface area (Å²) in [6, 6.07) is 10.1. The molecule has 5 atom stereocenters. The average Bonchev–Trinajstić information content (AvgIpc) is 3.16. The van der Waals surface area contributed by atoms with Crippen LogP contribution in [0.2, 0.25) is 0 Å². The van der Waals surface area contributed by atoms with E-state index >= 15 is 0 Å². The van der Waals surface area contributed by atoms with Gasteiger partial charge in [-0.1, -0.05) is 24.3 Å². The lowest BCUT2D eigenvalue weighted by Crippen LogP contribution is -2.54. The number of para-hydroxylation sites is 1. The summed E-state index contributed by atoms with van der Waals surface area (Å²) in [5.41, 5.74) is 2.53. The molecule has 3 aliphatic heterocycles.